The predicted molar refractivity (Wildman–Crippen MR) is 140 cm³/mol. The van der Waals surface area contributed by atoms with Crippen molar-refractivity contribution >= 4 is 46.6 Å². The first-order valence-electron chi connectivity index (χ1n) is 11.4. The summed E-state index contributed by atoms with van der Waals surface area (Å²) in [5.41, 5.74) is 11.0. The van der Waals surface area contributed by atoms with Gasteiger partial charge in [-0.3, -0.25) is 24.1 Å². The average molecular weight is 560 g/mol. The Morgan fingerprint density at radius 2 is 1.79 bits per heavy atom. The zero-order valence-electron chi connectivity index (χ0n) is 21.2. The molecule has 5 N–H and O–H groups in total. The van der Waals surface area contributed by atoms with Crippen molar-refractivity contribution in [2.45, 2.75) is 13.0 Å². The molecule has 0 aliphatic carbocycles. The molecule has 0 aliphatic rings. The third-order valence-corrected chi connectivity index (χ3v) is 6.28. The molecule has 12 nitrogen and oxygen atoms in total. The molecule has 1 atom stereocenters. The molecular weight excluding hydrogens is 533 g/mol. The maximum absolute atomic E-state index is 14.1. The summed E-state index contributed by atoms with van der Waals surface area (Å²) in [5.74, 6) is -3.44. The molecule has 3 amide bonds. The van der Waals surface area contributed by atoms with Gasteiger partial charge >= 0.3 is 5.97 Å². The van der Waals surface area contributed by atoms with Crippen LogP contribution in [0.1, 0.15) is 38.7 Å². The van der Waals surface area contributed by atoms with Gasteiger partial charge < -0.3 is 31.0 Å². The normalized spacial score (nSPS) is 11.3. The van der Waals surface area contributed by atoms with Crippen molar-refractivity contribution in [2.24, 2.45) is 5.73 Å². The van der Waals surface area contributed by atoms with E-state index < -0.39 is 42.1 Å². The van der Waals surface area contributed by atoms with Crippen molar-refractivity contribution in [3.63, 3.8) is 0 Å². The third-order valence-electron chi connectivity index (χ3n) is 5.42. The quantitative estimate of drug-likeness (QED) is 0.297. The fourth-order valence-corrected chi connectivity index (χ4v) is 4.36. The Morgan fingerprint density at radius 1 is 1.10 bits per heavy atom. The molecule has 0 saturated carbocycles. The van der Waals surface area contributed by atoms with E-state index in [2.05, 4.69) is 9.69 Å². The molecule has 0 bridgehead atoms. The number of ether oxygens (including phenoxy) is 3. The lowest BCUT2D eigenvalue weighted by atomic mass is 10.0. The van der Waals surface area contributed by atoms with Gasteiger partial charge in [-0.1, -0.05) is 12.1 Å². The Balaban J connectivity index is 2.26. The molecule has 0 aliphatic heterocycles. The van der Waals surface area contributed by atoms with E-state index in [1.165, 1.54) is 38.5 Å². The first-order chi connectivity index (χ1) is 18.6. The fourth-order valence-electron chi connectivity index (χ4n) is 3.62. The number of carbonyl (C=O) groups is 4. The number of methoxy groups -OCH3 is 2. The lowest BCUT2D eigenvalue weighted by molar-refractivity contribution is -0.143. The monoisotopic (exact) mass is 559 g/mol. The number of nitrogens with two attached hydrogens (primary N) is 2. The van der Waals surface area contributed by atoms with E-state index in [9.17, 15) is 23.6 Å². The van der Waals surface area contributed by atoms with Crippen LogP contribution in [0.3, 0.4) is 0 Å². The highest BCUT2D eigenvalue weighted by Crippen LogP contribution is 2.40. The molecule has 0 saturated heterocycles. The number of primary amides is 1. The minimum Gasteiger partial charge on any atom is -0.497 e. The highest BCUT2D eigenvalue weighted by atomic mass is 32.1. The summed E-state index contributed by atoms with van der Waals surface area (Å²) in [5, 5.41) is 2.45. The van der Waals surface area contributed by atoms with Crippen LogP contribution in [0.15, 0.2) is 42.5 Å². The number of carbonyl (C=O) groups excluding carboxylic acids is 4. The maximum atomic E-state index is 14.1. The van der Waals surface area contributed by atoms with Crippen molar-refractivity contribution in [3.05, 3.63) is 64.4 Å². The number of nitrogens with zero attached hydrogens (tertiary/aromatic N) is 2. The Labute approximate surface area is 226 Å². The van der Waals surface area contributed by atoms with Crippen LogP contribution >= 0.6 is 11.5 Å². The summed E-state index contributed by atoms with van der Waals surface area (Å²) in [4.78, 5) is 52.3. The Kier molecular flexibility index (Phi) is 9.38. The van der Waals surface area contributed by atoms with Crippen LogP contribution in [0.4, 0.5) is 15.8 Å². The van der Waals surface area contributed by atoms with Gasteiger partial charge in [0.25, 0.3) is 11.8 Å². The van der Waals surface area contributed by atoms with Gasteiger partial charge in [0.2, 0.25) is 5.91 Å². The van der Waals surface area contributed by atoms with Crippen molar-refractivity contribution < 1.29 is 37.8 Å². The molecular formula is C25H26FN5O7S. The molecule has 3 rings (SSSR count). The van der Waals surface area contributed by atoms with Crippen LogP contribution in [-0.4, -0.2) is 55.4 Å². The summed E-state index contributed by atoms with van der Waals surface area (Å²) in [6.45, 7) is 1.20. The summed E-state index contributed by atoms with van der Waals surface area (Å²) >= 11 is 0.606. The zero-order valence-corrected chi connectivity index (χ0v) is 22.0. The number of hydrogen-bond acceptors (Lipinski definition) is 10. The van der Waals surface area contributed by atoms with Gasteiger partial charge in [-0.05, 0) is 48.3 Å². The van der Waals surface area contributed by atoms with Gasteiger partial charge in [0.1, 0.15) is 34.8 Å². The lowest BCUT2D eigenvalue weighted by Crippen LogP contribution is -2.45. The van der Waals surface area contributed by atoms with Gasteiger partial charge in [-0.2, -0.15) is 4.37 Å². The van der Waals surface area contributed by atoms with Crippen molar-refractivity contribution in [1.29, 1.82) is 0 Å². The lowest BCUT2D eigenvalue weighted by Gasteiger charge is -2.32. The van der Waals surface area contributed by atoms with Crippen LogP contribution in [0.2, 0.25) is 0 Å². The second-order valence-electron chi connectivity index (χ2n) is 7.83. The van der Waals surface area contributed by atoms with Crippen LogP contribution in [-0.2, 0) is 14.3 Å². The smallest absolute Gasteiger partial charge is 0.325 e. The van der Waals surface area contributed by atoms with Gasteiger partial charge in [-0.15, -0.1) is 0 Å². The molecule has 2 aromatic carbocycles. The molecule has 0 unspecified atom stereocenters. The second-order valence-corrected chi connectivity index (χ2v) is 8.60. The number of rotatable bonds is 11. The highest BCUT2D eigenvalue weighted by Gasteiger charge is 2.38. The predicted octanol–water partition coefficient (Wildman–Crippen LogP) is 2.05. The first kappa shape index (κ1) is 28.8. The Hall–Kier alpha value is -4.72. The molecule has 39 heavy (non-hydrogen) atoms. The number of esters is 1. The van der Waals surface area contributed by atoms with Crippen LogP contribution < -0.4 is 31.2 Å². The van der Waals surface area contributed by atoms with E-state index in [-0.39, 0.29) is 39.9 Å². The van der Waals surface area contributed by atoms with Gasteiger partial charge in [0, 0.05) is 6.07 Å². The van der Waals surface area contributed by atoms with E-state index in [4.69, 9.17) is 25.7 Å². The minimum atomic E-state index is -1.49. The summed E-state index contributed by atoms with van der Waals surface area (Å²) in [6.07, 6.45) is 0. The van der Waals surface area contributed by atoms with Crippen LogP contribution in [0.25, 0.3) is 0 Å². The number of amides is 3. The third kappa shape index (κ3) is 6.41. The van der Waals surface area contributed by atoms with Crippen LogP contribution in [0.5, 0.6) is 11.5 Å². The van der Waals surface area contributed by atoms with Crippen LogP contribution in [0, 0.1) is 5.82 Å². The fraction of sp³-hybridized carbons (Fsp3) is 0.240. The molecule has 206 valence electrons. The molecule has 0 radical (unpaired) electrons. The maximum Gasteiger partial charge on any atom is 0.325 e. The number of halogens is 1. The number of nitrogen functional groups attached to an aromatic ring is 1. The van der Waals surface area contributed by atoms with E-state index in [1.54, 1.807) is 13.0 Å². The highest BCUT2D eigenvalue weighted by molar-refractivity contribution is 7.09. The van der Waals surface area contributed by atoms with E-state index in [1.807, 2.05) is 0 Å². The second kappa shape index (κ2) is 12.7. The van der Waals surface area contributed by atoms with Crippen molar-refractivity contribution in [1.82, 2.24) is 9.69 Å². The number of hydrogen-bond donors (Lipinski definition) is 3. The number of anilines is 2. The van der Waals surface area contributed by atoms with Gasteiger partial charge in [0.15, 0.2) is 5.69 Å². The largest absolute Gasteiger partial charge is 0.497 e. The number of nitrogens with one attached hydrogen (secondary N) is 1. The number of benzene rings is 2. The SMILES string of the molecule is CCOC(=O)CNC(=O)[C@@H](c1ccc(F)cc1)N(C(=O)c1snc(C(N)=O)c1N)c1cc(OC)ccc1OC. The average Bonchev–Trinajstić information content (AvgIpc) is 3.32. The molecule has 1 aromatic heterocycles. The van der Waals surface area contributed by atoms with Gasteiger partial charge in [-0.25, -0.2) is 4.39 Å². The summed E-state index contributed by atoms with van der Waals surface area (Å²) in [6, 6.07) is 7.87. The van der Waals surface area contributed by atoms with Crippen molar-refractivity contribution in [3.8, 4) is 11.5 Å². The molecule has 0 fully saturated rings. The zero-order chi connectivity index (χ0) is 28.7. The standard InChI is InChI=1S/C25H26FN5O7S/c1-4-38-18(32)12-29-24(34)21(13-5-7-14(26)8-6-13)31(16-11-15(36-2)9-10-17(16)37-3)25(35)22-19(27)20(23(28)33)30-39-22/h5-11,21H,4,12,27H2,1-3H3,(H2,28,33)(H,29,34)/t21-/m1/s1. The molecule has 3 aromatic rings. The van der Waals surface area contributed by atoms with E-state index in [0.717, 1.165) is 17.0 Å². The van der Waals surface area contributed by atoms with E-state index >= 15 is 0 Å². The first-order valence-corrected chi connectivity index (χ1v) is 12.2. The van der Waals surface area contributed by atoms with Crippen molar-refractivity contribution in [2.75, 3.05) is 38.0 Å². The summed E-state index contributed by atoms with van der Waals surface area (Å²) in [7, 11) is 2.76. The Bertz CT molecular complexity index is 1380. The Morgan fingerprint density at radius 3 is 2.36 bits per heavy atom. The molecule has 1 heterocycles. The number of aromatic nitrogens is 1. The summed E-state index contributed by atoms with van der Waals surface area (Å²) < 4.78 is 33.4. The topological polar surface area (TPSA) is 176 Å². The minimum absolute atomic E-state index is 0.0656. The van der Waals surface area contributed by atoms with E-state index in [0.29, 0.717) is 17.3 Å². The molecule has 14 heteroatoms. The molecule has 0 spiro atoms. The van der Waals surface area contributed by atoms with Gasteiger partial charge in [0.05, 0.1) is 32.2 Å².